The van der Waals surface area contributed by atoms with E-state index in [1.807, 2.05) is 38.0 Å². The van der Waals surface area contributed by atoms with Gasteiger partial charge in [-0.25, -0.2) is 0 Å². The maximum Gasteiger partial charge on any atom is 0.0813 e. The summed E-state index contributed by atoms with van der Waals surface area (Å²) in [6.07, 6.45) is 12.2. The highest BCUT2D eigenvalue weighted by molar-refractivity contribution is 7.79. The van der Waals surface area contributed by atoms with Gasteiger partial charge in [0.15, 0.2) is 0 Å². The molecule has 10 nitrogen and oxygen atoms in total. The SMILES string of the molecule is CC(C(O)C1CCCCC1)N(C)[NH3+].CC(C(O)C1CCCCC1)N(C)[NH3+].O=S(=O)([O-])[O-]. The van der Waals surface area contributed by atoms with Crippen molar-refractivity contribution in [3.8, 4) is 0 Å². The van der Waals surface area contributed by atoms with Crippen molar-refractivity contribution < 1.29 is 39.4 Å². The van der Waals surface area contributed by atoms with Crippen LogP contribution in [0.1, 0.15) is 78.1 Å². The lowest BCUT2D eigenvalue weighted by atomic mass is 9.83. The Labute approximate surface area is 188 Å². The molecule has 0 aromatic carbocycles. The molecular formula is C20H46N4O6S. The quantitative estimate of drug-likeness (QED) is 0.227. The lowest BCUT2D eigenvalue weighted by Gasteiger charge is -2.31. The lowest BCUT2D eigenvalue weighted by molar-refractivity contribution is -0.580. The van der Waals surface area contributed by atoms with Crippen molar-refractivity contribution in [3.05, 3.63) is 0 Å². The molecule has 0 bridgehead atoms. The number of nitrogens with zero attached hydrogens (tertiary/aromatic N) is 2. The van der Waals surface area contributed by atoms with Gasteiger partial charge in [0.2, 0.25) is 0 Å². The number of rotatable bonds is 6. The van der Waals surface area contributed by atoms with E-state index in [1.165, 1.54) is 64.2 Å². The van der Waals surface area contributed by atoms with Gasteiger partial charge in [-0.05, 0) is 51.4 Å². The molecule has 0 amide bonds. The molecule has 2 rings (SSSR count). The summed E-state index contributed by atoms with van der Waals surface area (Å²) in [5.41, 5.74) is 0. The zero-order valence-electron chi connectivity index (χ0n) is 19.8. The third-order valence-electron chi connectivity index (χ3n) is 6.64. The highest BCUT2D eigenvalue weighted by Gasteiger charge is 2.29. The fourth-order valence-electron chi connectivity index (χ4n) is 4.26. The van der Waals surface area contributed by atoms with E-state index in [1.54, 1.807) is 0 Å². The van der Waals surface area contributed by atoms with Gasteiger partial charge in [-0.1, -0.05) is 38.5 Å². The molecule has 0 heterocycles. The maximum atomic E-state index is 10.0. The third kappa shape index (κ3) is 14.4. The molecule has 0 saturated heterocycles. The zero-order valence-corrected chi connectivity index (χ0v) is 20.6. The Bertz CT molecular complexity index is 510. The first-order valence-corrected chi connectivity index (χ1v) is 12.7. The van der Waals surface area contributed by atoms with Crippen LogP contribution < -0.4 is 11.7 Å². The Hall–Kier alpha value is -0.370. The number of aliphatic hydroxyl groups excluding tert-OH is 2. The van der Waals surface area contributed by atoms with Crippen molar-refractivity contribution in [2.75, 3.05) is 14.1 Å². The highest BCUT2D eigenvalue weighted by atomic mass is 32.3. The second-order valence-electron chi connectivity index (χ2n) is 9.18. The van der Waals surface area contributed by atoms with Gasteiger partial charge in [0.1, 0.15) is 0 Å². The molecule has 0 spiro atoms. The highest BCUT2D eigenvalue weighted by Crippen LogP contribution is 2.29. The molecule has 0 radical (unpaired) electrons. The topological polar surface area (TPSA) is 182 Å². The van der Waals surface area contributed by atoms with Gasteiger partial charge in [0.25, 0.3) is 0 Å². The number of likely N-dealkylation sites (N-methyl/N-ethyl adjacent to an activating group) is 2. The number of quaternary nitrogens is 2. The summed E-state index contributed by atoms with van der Waals surface area (Å²) in [6.45, 7) is 4.10. The minimum atomic E-state index is -5.17. The smallest absolute Gasteiger partial charge is 0.0813 e. The van der Waals surface area contributed by atoms with Crippen LogP contribution in [0.4, 0.5) is 0 Å². The molecular weight excluding hydrogens is 424 g/mol. The Morgan fingerprint density at radius 3 is 1.16 bits per heavy atom. The Balaban J connectivity index is 0.000000479. The van der Waals surface area contributed by atoms with E-state index in [0.717, 1.165) is 0 Å². The van der Waals surface area contributed by atoms with Gasteiger partial charge in [-0.15, -0.1) is 0 Å². The number of hydrogen-bond donors (Lipinski definition) is 4. The first kappa shape index (κ1) is 30.6. The van der Waals surface area contributed by atoms with Crippen LogP contribution in [-0.2, 0) is 10.4 Å². The van der Waals surface area contributed by atoms with Crippen molar-refractivity contribution in [1.29, 1.82) is 0 Å². The largest absolute Gasteiger partial charge is 0.759 e. The molecule has 31 heavy (non-hydrogen) atoms. The molecule has 0 aromatic heterocycles. The van der Waals surface area contributed by atoms with Crippen LogP contribution >= 0.6 is 0 Å². The molecule has 8 N–H and O–H groups in total. The fraction of sp³-hybridized carbons (Fsp3) is 1.00. The zero-order chi connectivity index (χ0) is 24.2. The summed E-state index contributed by atoms with van der Waals surface area (Å²) in [4.78, 5) is 0. The van der Waals surface area contributed by atoms with Crippen LogP contribution in [0.2, 0.25) is 0 Å². The van der Waals surface area contributed by atoms with Crippen LogP contribution in [0.5, 0.6) is 0 Å². The predicted octanol–water partition coefficient (Wildman–Crippen LogP) is -0.528. The molecule has 0 aromatic rings. The molecule has 11 heteroatoms. The first-order valence-electron chi connectivity index (χ1n) is 11.3. The first-order chi connectivity index (χ1) is 14.3. The average molecular weight is 471 g/mol. The minimum Gasteiger partial charge on any atom is -0.759 e. The fourth-order valence-corrected chi connectivity index (χ4v) is 4.26. The Kier molecular flexibility index (Phi) is 15.3. The van der Waals surface area contributed by atoms with E-state index < -0.39 is 10.4 Å². The van der Waals surface area contributed by atoms with E-state index in [2.05, 4.69) is 11.7 Å². The van der Waals surface area contributed by atoms with Crippen LogP contribution in [0.15, 0.2) is 0 Å². The summed E-state index contributed by atoms with van der Waals surface area (Å²) >= 11 is 0. The minimum absolute atomic E-state index is 0.183. The normalized spacial score (nSPS) is 22.6. The van der Waals surface area contributed by atoms with Crippen LogP contribution in [0.25, 0.3) is 0 Å². The average Bonchev–Trinajstić information content (AvgIpc) is 2.72. The van der Waals surface area contributed by atoms with Crippen molar-refractivity contribution in [1.82, 2.24) is 10.0 Å². The van der Waals surface area contributed by atoms with Crippen molar-refractivity contribution >= 4 is 10.4 Å². The van der Waals surface area contributed by atoms with Gasteiger partial charge in [-0.2, -0.15) is 10.0 Å². The van der Waals surface area contributed by atoms with E-state index in [4.69, 9.17) is 17.5 Å². The van der Waals surface area contributed by atoms with Gasteiger partial charge < -0.3 is 19.3 Å². The van der Waals surface area contributed by atoms with E-state index in [9.17, 15) is 10.2 Å². The molecule has 0 aliphatic heterocycles. The maximum absolute atomic E-state index is 10.0. The van der Waals surface area contributed by atoms with Crippen molar-refractivity contribution in [2.45, 2.75) is 102 Å². The van der Waals surface area contributed by atoms with Crippen LogP contribution in [0, 0.1) is 11.8 Å². The molecule has 4 atom stereocenters. The van der Waals surface area contributed by atoms with E-state index in [0.29, 0.717) is 11.8 Å². The molecule has 4 unspecified atom stereocenters. The second kappa shape index (κ2) is 15.5. The Morgan fingerprint density at radius 2 is 0.968 bits per heavy atom. The van der Waals surface area contributed by atoms with Crippen LogP contribution in [-0.4, -0.2) is 76.1 Å². The monoisotopic (exact) mass is 470 g/mol. The van der Waals surface area contributed by atoms with Gasteiger partial charge in [-0.3, -0.25) is 20.1 Å². The van der Waals surface area contributed by atoms with Crippen molar-refractivity contribution in [3.63, 3.8) is 0 Å². The van der Waals surface area contributed by atoms with Gasteiger partial charge in [0, 0.05) is 24.5 Å². The molecule has 2 saturated carbocycles. The second-order valence-corrected chi connectivity index (χ2v) is 10.00. The number of hydrogen-bond acceptors (Lipinski definition) is 8. The lowest BCUT2D eigenvalue weighted by Crippen LogP contribution is -2.71. The standard InChI is InChI=1S/2C10H22N2O.H2O4S/c2*1-8(12(2)11)10(13)9-6-4-3-5-7-9;1-5(2,3)4/h2*8-10,13H,3-7,11H2,1-2H3;(H2,1,2,3,4). The third-order valence-corrected chi connectivity index (χ3v) is 6.64. The predicted molar refractivity (Wildman–Crippen MR) is 116 cm³/mol. The number of aliphatic hydroxyl groups is 2. The van der Waals surface area contributed by atoms with Crippen LogP contribution in [0.3, 0.4) is 0 Å². The van der Waals surface area contributed by atoms with Gasteiger partial charge >= 0.3 is 0 Å². The summed E-state index contributed by atoms with van der Waals surface area (Å²) in [5.74, 6) is 8.67. The summed E-state index contributed by atoms with van der Waals surface area (Å²) in [6, 6.07) is 0.367. The van der Waals surface area contributed by atoms with Crippen molar-refractivity contribution in [2.24, 2.45) is 11.8 Å². The molecule has 2 aliphatic carbocycles. The summed E-state index contributed by atoms with van der Waals surface area (Å²) in [7, 11) is -1.31. The molecule has 2 aliphatic rings. The summed E-state index contributed by atoms with van der Waals surface area (Å²) in [5, 5.41) is 23.8. The van der Waals surface area contributed by atoms with E-state index >= 15 is 0 Å². The molecule has 188 valence electrons. The Morgan fingerprint density at radius 1 is 0.742 bits per heavy atom. The summed E-state index contributed by atoms with van der Waals surface area (Å²) < 4.78 is 34.1. The molecule has 2 fully saturated rings. The van der Waals surface area contributed by atoms with E-state index in [-0.39, 0.29) is 24.3 Å². The van der Waals surface area contributed by atoms with Gasteiger partial charge in [0.05, 0.1) is 24.3 Å².